The molecule has 3 heteroatoms. The van der Waals surface area contributed by atoms with Gasteiger partial charge in [0.2, 0.25) is 0 Å². The molecule has 58 valence electrons. The highest BCUT2D eigenvalue weighted by molar-refractivity contribution is 7.80. The van der Waals surface area contributed by atoms with Crippen molar-refractivity contribution in [2.75, 3.05) is 0 Å². The van der Waals surface area contributed by atoms with Crippen molar-refractivity contribution < 1.29 is 5.11 Å². The van der Waals surface area contributed by atoms with Gasteiger partial charge < -0.3 is 10.8 Å². The number of thiocarbonyl (C=S) groups is 1. The lowest BCUT2D eigenvalue weighted by atomic mass is 10.1. The molecular formula is C8H9NOS. The van der Waals surface area contributed by atoms with Gasteiger partial charge in [-0.1, -0.05) is 12.2 Å². The molecule has 0 saturated heterocycles. The van der Waals surface area contributed by atoms with Crippen molar-refractivity contribution in [2.24, 2.45) is 5.73 Å². The quantitative estimate of drug-likeness (QED) is 0.620. The number of hydrogen-bond acceptors (Lipinski definition) is 2. The predicted molar refractivity (Wildman–Crippen MR) is 48.7 cm³/mol. The van der Waals surface area contributed by atoms with E-state index in [-0.39, 0.29) is 5.75 Å². The average molecular weight is 167 g/mol. The Morgan fingerprint density at radius 3 is 2.64 bits per heavy atom. The molecule has 1 aromatic carbocycles. The van der Waals surface area contributed by atoms with Crippen LogP contribution in [0.5, 0.6) is 5.75 Å². The van der Waals surface area contributed by atoms with Crippen molar-refractivity contribution in [1.82, 2.24) is 0 Å². The summed E-state index contributed by atoms with van der Waals surface area (Å²) >= 11 is 4.76. The Hall–Kier alpha value is -1.09. The van der Waals surface area contributed by atoms with Crippen LogP contribution in [-0.4, -0.2) is 10.1 Å². The second-order valence-electron chi connectivity index (χ2n) is 2.37. The summed E-state index contributed by atoms with van der Waals surface area (Å²) in [6.07, 6.45) is 0. The van der Waals surface area contributed by atoms with Gasteiger partial charge in [0.15, 0.2) is 0 Å². The number of aromatic hydroxyl groups is 1. The van der Waals surface area contributed by atoms with Gasteiger partial charge in [-0.2, -0.15) is 0 Å². The zero-order valence-corrected chi connectivity index (χ0v) is 6.98. The summed E-state index contributed by atoms with van der Waals surface area (Å²) in [5.41, 5.74) is 6.96. The van der Waals surface area contributed by atoms with Crippen molar-refractivity contribution in [3.8, 4) is 5.75 Å². The number of aryl methyl sites for hydroxylation is 1. The third-order valence-corrected chi connectivity index (χ3v) is 1.72. The molecule has 0 heterocycles. The summed E-state index contributed by atoms with van der Waals surface area (Å²) in [5, 5.41) is 9.14. The van der Waals surface area contributed by atoms with Crippen LogP contribution in [0.25, 0.3) is 0 Å². The van der Waals surface area contributed by atoms with Gasteiger partial charge in [0, 0.05) is 5.56 Å². The second-order valence-corrected chi connectivity index (χ2v) is 2.81. The highest BCUT2D eigenvalue weighted by Gasteiger charge is 1.98. The van der Waals surface area contributed by atoms with Crippen LogP contribution >= 0.6 is 12.2 Å². The van der Waals surface area contributed by atoms with Crippen LogP contribution in [0.4, 0.5) is 0 Å². The van der Waals surface area contributed by atoms with Crippen molar-refractivity contribution in [3.63, 3.8) is 0 Å². The van der Waals surface area contributed by atoms with E-state index < -0.39 is 0 Å². The second kappa shape index (κ2) is 2.88. The van der Waals surface area contributed by atoms with E-state index >= 15 is 0 Å². The zero-order valence-electron chi connectivity index (χ0n) is 6.16. The molecule has 3 N–H and O–H groups in total. The SMILES string of the molecule is Cc1cc(C(N)=S)ccc1O. The molecule has 0 aliphatic carbocycles. The van der Waals surface area contributed by atoms with Gasteiger partial charge in [-0.25, -0.2) is 0 Å². The van der Waals surface area contributed by atoms with Gasteiger partial charge in [-0.15, -0.1) is 0 Å². The molecule has 0 radical (unpaired) electrons. The van der Waals surface area contributed by atoms with Crippen LogP contribution in [0.2, 0.25) is 0 Å². The monoisotopic (exact) mass is 167 g/mol. The number of benzene rings is 1. The van der Waals surface area contributed by atoms with E-state index in [0.717, 1.165) is 11.1 Å². The maximum Gasteiger partial charge on any atom is 0.118 e. The molecule has 0 atom stereocenters. The highest BCUT2D eigenvalue weighted by atomic mass is 32.1. The lowest BCUT2D eigenvalue weighted by Gasteiger charge is -2.01. The van der Waals surface area contributed by atoms with Gasteiger partial charge in [0.1, 0.15) is 10.7 Å². The van der Waals surface area contributed by atoms with E-state index in [1.165, 1.54) is 0 Å². The number of hydrogen-bond donors (Lipinski definition) is 2. The van der Waals surface area contributed by atoms with Gasteiger partial charge in [0.05, 0.1) is 0 Å². The maximum atomic E-state index is 9.14. The molecule has 0 aromatic heterocycles. The van der Waals surface area contributed by atoms with Crippen molar-refractivity contribution >= 4 is 17.2 Å². The molecule has 0 aliphatic heterocycles. The molecule has 0 spiro atoms. The summed E-state index contributed by atoms with van der Waals surface area (Å²) in [6, 6.07) is 5.05. The summed E-state index contributed by atoms with van der Waals surface area (Å²) in [5.74, 6) is 0.269. The first-order valence-corrected chi connectivity index (χ1v) is 3.61. The summed E-state index contributed by atoms with van der Waals surface area (Å²) in [6.45, 7) is 1.80. The predicted octanol–water partition coefficient (Wildman–Crippen LogP) is 1.33. The molecule has 0 amide bonds. The third-order valence-electron chi connectivity index (χ3n) is 1.48. The smallest absolute Gasteiger partial charge is 0.118 e. The highest BCUT2D eigenvalue weighted by Crippen LogP contribution is 2.16. The number of nitrogens with two attached hydrogens (primary N) is 1. The third kappa shape index (κ3) is 1.68. The molecule has 0 bridgehead atoms. The Labute approximate surface area is 70.7 Å². The zero-order chi connectivity index (χ0) is 8.43. The van der Waals surface area contributed by atoms with Crippen LogP contribution in [0.1, 0.15) is 11.1 Å². The van der Waals surface area contributed by atoms with E-state index in [1.807, 2.05) is 0 Å². The Bertz CT molecular complexity index is 296. The first-order chi connectivity index (χ1) is 5.11. The Morgan fingerprint density at radius 1 is 1.55 bits per heavy atom. The Balaban J connectivity index is 3.15. The first kappa shape index (κ1) is 8.01. The van der Waals surface area contributed by atoms with E-state index in [1.54, 1.807) is 25.1 Å². The van der Waals surface area contributed by atoms with E-state index in [9.17, 15) is 0 Å². The van der Waals surface area contributed by atoms with Crippen LogP contribution in [0.15, 0.2) is 18.2 Å². The minimum Gasteiger partial charge on any atom is -0.508 e. The summed E-state index contributed by atoms with van der Waals surface area (Å²) < 4.78 is 0. The van der Waals surface area contributed by atoms with E-state index in [4.69, 9.17) is 23.1 Å². The minimum atomic E-state index is 0.269. The standard InChI is InChI=1S/C8H9NOS/c1-5-4-6(8(9)11)2-3-7(5)10/h2-4,10H,1H3,(H2,9,11). The number of rotatable bonds is 1. The molecular weight excluding hydrogens is 158 g/mol. The topological polar surface area (TPSA) is 46.2 Å². The minimum absolute atomic E-state index is 0.269. The van der Waals surface area contributed by atoms with Crippen LogP contribution in [0, 0.1) is 6.92 Å². The summed E-state index contributed by atoms with van der Waals surface area (Å²) in [4.78, 5) is 0.355. The molecule has 0 saturated carbocycles. The average Bonchev–Trinajstić information content (AvgIpc) is 1.94. The van der Waals surface area contributed by atoms with Crippen LogP contribution in [0.3, 0.4) is 0 Å². The normalized spacial score (nSPS) is 9.55. The molecule has 1 rings (SSSR count). The van der Waals surface area contributed by atoms with Crippen LogP contribution in [-0.2, 0) is 0 Å². The van der Waals surface area contributed by atoms with Gasteiger partial charge >= 0.3 is 0 Å². The van der Waals surface area contributed by atoms with Crippen molar-refractivity contribution in [3.05, 3.63) is 29.3 Å². The van der Waals surface area contributed by atoms with Gasteiger partial charge in [-0.05, 0) is 30.7 Å². The fourth-order valence-electron chi connectivity index (χ4n) is 0.809. The molecule has 1 aromatic rings. The van der Waals surface area contributed by atoms with Crippen LogP contribution < -0.4 is 5.73 Å². The lowest BCUT2D eigenvalue weighted by molar-refractivity contribution is 0.471. The largest absolute Gasteiger partial charge is 0.508 e. The molecule has 0 fully saturated rings. The van der Waals surface area contributed by atoms with Crippen molar-refractivity contribution in [2.45, 2.75) is 6.92 Å². The van der Waals surface area contributed by atoms with Crippen molar-refractivity contribution in [1.29, 1.82) is 0 Å². The summed E-state index contributed by atoms with van der Waals surface area (Å²) in [7, 11) is 0. The molecule has 0 aliphatic rings. The first-order valence-electron chi connectivity index (χ1n) is 3.20. The fraction of sp³-hybridized carbons (Fsp3) is 0.125. The van der Waals surface area contributed by atoms with Gasteiger partial charge in [0.25, 0.3) is 0 Å². The molecule has 2 nitrogen and oxygen atoms in total. The fourth-order valence-corrected chi connectivity index (χ4v) is 0.936. The Morgan fingerprint density at radius 2 is 2.18 bits per heavy atom. The molecule has 11 heavy (non-hydrogen) atoms. The molecule has 0 unspecified atom stereocenters. The number of phenolic OH excluding ortho intramolecular Hbond substituents is 1. The Kier molecular flexibility index (Phi) is 2.10. The van der Waals surface area contributed by atoms with E-state index in [0.29, 0.717) is 4.99 Å². The maximum absolute atomic E-state index is 9.14. The van der Waals surface area contributed by atoms with Gasteiger partial charge in [-0.3, -0.25) is 0 Å². The van der Waals surface area contributed by atoms with E-state index in [2.05, 4.69) is 0 Å². The lowest BCUT2D eigenvalue weighted by Crippen LogP contribution is -2.08. The number of phenols is 1.